The third-order valence-corrected chi connectivity index (χ3v) is 0.997. The van der Waals surface area contributed by atoms with Crippen LogP contribution in [0.4, 0.5) is 0 Å². The van der Waals surface area contributed by atoms with Gasteiger partial charge in [-0.2, -0.15) is 0 Å². The Bertz CT molecular complexity index is 70.1. The van der Waals surface area contributed by atoms with Gasteiger partial charge in [-0.15, -0.1) is 6.42 Å². The Morgan fingerprint density at radius 3 is 2.67 bits per heavy atom. The molecule has 31 valence electrons. The van der Waals surface area contributed by atoms with Gasteiger partial charge in [0, 0.05) is 0 Å². The van der Waals surface area contributed by atoms with Crippen LogP contribution < -0.4 is 0 Å². The zero-order valence-corrected chi connectivity index (χ0v) is 4.73. The van der Waals surface area contributed by atoms with Gasteiger partial charge in [-0.3, -0.25) is 0 Å². The lowest BCUT2D eigenvalue weighted by Crippen LogP contribution is -1.63. The van der Waals surface area contributed by atoms with Crippen LogP contribution in [0.3, 0.4) is 0 Å². The van der Waals surface area contributed by atoms with Crippen LogP contribution in [0.2, 0.25) is 0 Å². The molecule has 0 saturated heterocycles. The SMILES string of the molecule is C#CCS[C]=S. The average Bonchev–Trinajstić information content (AvgIpc) is 1.61. The fraction of sp³-hybridized carbons (Fsp3) is 0.250. The molecule has 0 aliphatic heterocycles. The molecule has 0 aromatic heterocycles. The number of thioether (sulfide) groups is 1. The molecule has 0 aliphatic rings. The van der Waals surface area contributed by atoms with Gasteiger partial charge >= 0.3 is 0 Å². The summed E-state index contributed by atoms with van der Waals surface area (Å²) in [5.74, 6) is 3.04. The maximum absolute atomic E-state index is 4.86. The molecule has 0 heterocycles. The lowest BCUT2D eigenvalue weighted by atomic mass is 10.8. The smallest absolute Gasteiger partial charge is 0.0961 e. The summed E-state index contributed by atoms with van der Waals surface area (Å²) in [7, 11) is 0. The van der Waals surface area contributed by atoms with E-state index in [2.05, 4.69) is 22.8 Å². The van der Waals surface area contributed by atoms with E-state index in [0.717, 1.165) is 0 Å². The highest BCUT2D eigenvalue weighted by molar-refractivity contribution is 8.20. The minimum Gasteiger partial charge on any atom is -0.119 e. The molecular formula is C4H3S2. The summed E-state index contributed by atoms with van der Waals surface area (Å²) in [6.45, 7) is 0. The Morgan fingerprint density at radius 1 is 1.83 bits per heavy atom. The van der Waals surface area contributed by atoms with E-state index in [9.17, 15) is 0 Å². The number of hydrogen-bond acceptors (Lipinski definition) is 2. The molecule has 0 aliphatic carbocycles. The minimum atomic E-state index is 0.642. The van der Waals surface area contributed by atoms with Gasteiger partial charge in [0.15, 0.2) is 0 Å². The van der Waals surface area contributed by atoms with Gasteiger partial charge in [0.25, 0.3) is 0 Å². The third kappa shape index (κ3) is 4.00. The number of thiocarbonyl (C=S) groups is 1. The predicted molar refractivity (Wildman–Crippen MR) is 33.9 cm³/mol. The molecular weight excluding hydrogens is 112 g/mol. The molecule has 0 aromatic rings. The standard InChI is InChI=1S/C4H3S2/c1-2-3-6-4-5/h1H,3H2. The molecule has 6 heavy (non-hydrogen) atoms. The van der Waals surface area contributed by atoms with Crippen LogP contribution in [-0.2, 0) is 0 Å². The van der Waals surface area contributed by atoms with Gasteiger partial charge in [0.2, 0.25) is 0 Å². The van der Waals surface area contributed by atoms with Crippen molar-refractivity contribution in [2.45, 2.75) is 0 Å². The van der Waals surface area contributed by atoms with Gasteiger partial charge in [0.05, 0.1) is 10.5 Å². The van der Waals surface area contributed by atoms with Crippen LogP contribution >= 0.6 is 24.0 Å². The molecule has 0 atom stereocenters. The second kappa shape index (κ2) is 5.00. The molecule has 0 amide bonds. The summed E-state index contributed by atoms with van der Waals surface area (Å²) < 4.78 is 2.43. The molecule has 0 N–H and O–H groups in total. The van der Waals surface area contributed by atoms with E-state index >= 15 is 0 Å². The number of hydrogen-bond donors (Lipinski definition) is 0. The maximum atomic E-state index is 4.86. The fourth-order valence-electron chi connectivity index (χ4n) is 0.0711. The van der Waals surface area contributed by atoms with E-state index < -0.39 is 0 Å². The Hall–Kier alpha value is -0.0000000000000000278. The summed E-state index contributed by atoms with van der Waals surface area (Å²) in [5.41, 5.74) is 0. The fourth-order valence-corrected chi connectivity index (χ4v) is 0.390. The first kappa shape index (κ1) is 6.00. The van der Waals surface area contributed by atoms with Crippen LogP contribution in [0.1, 0.15) is 0 Å². The quantitative estimate of drug-likeness (QED) is 0.301. The molecule has 0 saturated carbocycles. The van der Waals surface area contributed by atoms with Crippen molar-refractivity contribution >= 4 is 28.7 Å². The Morgan fingerprint density at radius 2 is 2.50 bits per heavy atom. The lowest BCUT2D eigenvalue weighted by Gasteiger charge is -1.71. The summed E-state index contributed by atoms with van der Waals surface area (Å²) >= 11 is 5.67. The van der Waals surface area contributed by atoms with E-state index in [-0.39, 0.29) is 0 Å². The highest BCUT2D eigenvalue weighted by atomic mass is 32.2. The summed E-state index contributed by atoms with van der Waals surface area (Å²) in [5, 5.41) is 0. The van der Waals surface area contributed by atoms with Crippen LogP contribution in [0, 0.1) is 12.3 Å². The first-order chi connectivity index (χ1) is 2.91. The van der Waals surface area contributed by atoms with Crippen molar-refractivity contribution in [2.75, 3.05) is 5.75 Å². The van der Waals surface area contributed by atoms with Crippen molar-refractivity contribution in [3.05, 3.63) is 0 Å². The van der Waals surface area contributed by atoms with Gasteiger partial charge in [-0.25, -0.2) is 0 Å². The average molecular weight is 115 g/mol. The van der Waals surface area contributed by atoms with Gasteiger partial charge in [-0.1, -0.05) is 29.9 Å². The van der Waals surface area contributed by atoms with Gasteiger partial charge in [-0.05, 0) is 0 Å². The van der Waals surface area contributed by atoms with Gasteiger partial charge in [0.1, 0.15) is 0 Å². The van der Waals surface area contributed by atoms with Crippen molar-refractivity contribution in [2.24, 2.45) is 0 Å². The van der Waals surface area contributed by atoms with E-state index in [4.69, 9.17) is 6.42 Å². The highest BCUT2D eigenvalue weighted by Gasteiger charge is 1.68. The normalized spacial score (nSPS) is 6.50. The van der Waals surface area contributed by atoms with Gasteiger partial charge < -0.3 is 0 Å². The summed E-state index contributed by atoms with van der Waals surface area (Å²) in [4.78, 5) is 0. The molecule has 0 fully saturated rings. The Balaban J connectivity index is 2.72. The Labute approximate surface area is 47.3 Å². The Kier molecular flexibility index (Phi) is 5.00. The topological polar surface area (TPSA) is 0 Å². The predicted octanol–water partition coefficient (Wildman–Crippen LogP) is 1.19. The molecule has 0 rings (SSSR count). The largest absolute Gasteiger partial charge is 0.119 e. The third-order valence-electron chi connectivity index (χ3n) is 0.214. The zero-order valence-electron chi connectivity index (χ0n) is 3.10. The lowest BCUT2D eigenvalue weighted by molar-refractivity contribution is 1.98. The van der Waals surface area contributed by atoms with E-state index in [0.29, 0.717) is 5.75 Å². The zero-order chi connectivity index (χ0) is 4.83. The number of rotatable bonds is 2. The first-order valence-electron chi connectivity index (χ1n) is 1.34. The molecule has 0 bridgehead atoms. The second-order valence-electron chi connectivity index (χ2n) is 0.576. The van der Waals surface area contributed by atoms with Crippen LogP contribution in [0.5, 0.6) is 0 Å². The van der Waals surface area contributed by atoms with Crippen molar-refractivity contribution in [1.29, 1.82) is 0 Å². The molecule has 0 nitrogen and oxygen atoms in total. The summed E-state index contributed by atoms with van der Waals surface area (Å²) in [6, 6.07) is 0. The molecule has 0 unspecified atom stereocenters. The first-order valence-corrected chi connectivity index (χ1v) is 2.73. The van der Waals surface area contributed by atoms with E-state index in [1.807, 2.05) is 0 Å². The van der Waals surface area contributed by atoms with E-state index in [1.165, 1.54) is 11.8 Å². The number of terminal acetylenes is 1. The summed E-state index contributed by atoms with van der Waals surface area (Å²) in [6.07, 6.45) is 4.86. The van der Waals surface area contributed by atoms with Crippen molar-refractivity contribution in [3.8, 4) is 12.3 Å². The molecule has 0 spiro atoms. The van der Waals surface area contributed by atoms with Crippen molar-refractivity contribution < 1.29 is 0 Å². The second-order valence-corrected chi connectivity index (χ2v) is 1.82. The maximum Gasteiger partial charge on any atom is 0.0961 e. The monoisotopic (exact) mass is 115 g/mol. The van der Waals surface area contributed by atoms with Crippen molar-refractivity contribution in [3.63, 3.8) is 0 Å². The molecule has 1 radical (unpaired) electrons. The van der Waals surface area contributed by atoms with Crippen LogP contribution in [0.15, 0.2) is 0 Å². The highest BCUT2D eigenvalue weighted by Crippen LogP contribution is 1.89. The van der Waals surface area contributed by atoms with E-state index in [1.54, 1.807) is 0 Å². The minimum absolute atomic E-state index is 0.642. The van der Waals surface area contributed by atoms with Crippen LogP contribution in [0.25, 0.3) is 0 Å². The molecule has 2 heteroatoms. The molecule has 0 aromatic carbocycles. The van der Waals surface area contributed by atoms with Crippen molar-refractivity contribution in [1.82, 2.24) is 0 Å². The van der Waals surface area contributed by atoms with Crippen LogP contribution in [-0.4, -0.2) is 10.5 Å².